The van der Waals surface area contributed by atoms with E-state index in [0.717, 1.165) is 17.7 Å². The Labute approximate surface area is 120 Å². The minimum Gasteiger partial charge on any atom is -0.336 e. The van der Waals surface area contributed by atoms with Gasteiger partial charge in [-0.1, -0.05) is 37.3 Å². The second kappa shape index (κ2) is 6.33. The molecule has 20 heavy (non-hydrogen) atoms. The molecule has 0 aliphatic carbocycles. The molecule has 1 aromatic carbocycles. The quantitative estimate of drug-likeness (QED) is 0.853. The Bertz CT molecular complexity index is 590. The molecule has 0 fully saturated rings. The van der Waals surface area contributed by atoms with Gasteiger partial charge in [-0.2, -0.15) is 0 Å². The third-order valence-corrected chi connectivity index (χ3v) is 3.31. The van der Waals surface area contributed by atoms with Crippen molar-refractivity contribution in [1.29, 1.82) is 0 Å². The molecule has 0 saturated heterocycles. The van der Waals surface area contributed by atoms with Crippen molar-refractivity contribution in [3.8, 4) is 0 Å². The largest absolute Gasteiger partial charge is 0.336 e. The molecule has 0 aliphatic heterocycles. The summed E-state index contributed by atoms with van der Waals surface area (Å²) in [7, 11) is 1.81. The number of carbonyl (C=O) groups excluding carboxylic acids is 1. The lowest BCUT2D eigenvalue weighted by Gasteiger charge is -2.17. The van der Waals surface area contributed by atoms with Gasteiger partial charge < -0.3 is 4.90 Å². The lowest BCUT2D eigenvalue weighted by molar-refractivity contribution is 0.0779. The minimum absolute atomic E-state index is 0.0479. The number of hydrogen-bond donors (Lipinski definition) is 0. The van der Waals surface area contributed by atoms with Gasteiger partial charge in [0, 0.05) is 19.3 Å². The second-order valence-corrected chi connectivity index (χ2v) is 5.00. The third-order valence-electron chi connectivity index (χ3n) is 3.31. The van der Waals surface area contributed by atoms with E-state index in [1.165, 1.54) is 5.56 Å². The zero-order valence-electron chi connectivity index (χ0n) is 12.3. The monoisotopic (exact) mass is 268 g/mol. The molecule has 1 aromatic heterocycles. The summed E-state index contributed by atoms with van der Waals surface area (Å²) >= 11 is 0. The molecule has 0 unspecified atom stereocenters. The van der Waals surface area contributed by atoms with Crippen molar-refractivity contribution in [1.82, 2.24) is 9.88 Å². The van der Waals surface area contributed by atoms with Crippen LogP contribution in [0.5, 0.6) is 0 Å². The lowest BCUT2D eigenvalue weighted by Crippen LogP contribution is -2.27. The highest BCUT2D eigenvalue weighted by atomic mass is 16.2. The van der Waals surface area contributed by atoms with Crippen molar-refractivity contribution < 1.29 is 4.79 Å². The number of pyridine rings is 1. The van der Waals surface area contributed by atoms with Gasteiger partial charge in [0.15, 0.2) is 0 Å². The molecule has 0 spiro atoms. The van der Waals surface area contributed by atoms with Gasteiger partial charge in [0.1, 0.15) is 5.69 Å². The fraction of sp³-hybridized carbons (Fsp3) is 0.294. The Morgan fingerprint density at radius 2 is 1.75 bits per heavy atom. The van der Waals surface area contributed by atoms with Crippen LogP contribution in [0.3, 0.4) is 0 Å². The summed E-state index contributed by atoms with van der Waals surface area (Å²) in [5.74, 6) is -0.0479. The van der Waals surface area contributed by atoms with Crippen molar-refractivity contribution in [3.63, 3.8) is 0 Å². The molecule has 1 amide bonds. The number of hydrogen-bond acceptors (Lipinski definition) is 2. The zero-order valence-corrected chi connectivity index (χ0v) is 12.3. The van der Waals surface area contributed by atoms with Crippen LogP contribution in [0, 0.1) is 6.92 Å². The van der Waals surface area contributed by atoms with Gasteiger partial charge in [0.05, 0.1) is 0 Å². The van der Waals surface area contributed by atoms with Crippen LogP contribution in [-0.4, -0.2) is 22.8 Å². The highest BCUT2D eigenvalue weighted by Gasteiger charge is 2.13. The van der Waals surface area contributed by atoms with E-state index in [4.69, 9.17) is 0 Å². The average molecular weight is 268 g/mol. The van der Waals surface area contributed by atoms with Crippen molar-refractivity contribution in [3.05, 3.63) is 65.0 Å². The van der Waals surface area contributed by atoms with E-state index in [1.807, 2.05) is 19.1 Å². The first-order valence-corrected chi connectivity index (χ1v) is 6.87. The topological polar surface area (TPSA) is 33.2 Å². The van der Waals surface area contributed by atoms with Crippen molar-refractivity contribution in [2.45, 2.75) is 26.8 Å². The lowest BCUT2D eigenvalue weighted by atomic mass is 10.1. The Balaban J connectivity index is 2.07. The van der Waals surface area contributed by atoms with Crippen LogP contribution in [0.25, 0.3) is 0 Å². The van der Waals surface area contributed by atoms with Crippen molar-refractivity contribution in [2.75, 3.05) is 7.05 Å². The predicted molar refractivity (Wildman–Crippen MR) is 80.6 cm³/mol. The molecule has 0 atom stereocenters. The fourth-order valence-corrected chi connectivity index (χ4v) is 2.08. The Morgan fingerprint density at radius 1 is 1.10 bits per heavy atom. The van der Waals surface area contributed by atoms with Crippen LogP contribution in [0.15, 0.2) is 42.5 Å². The Kier molecular flexibility index (Phi) is 4.51. The van der Waals surface area contributed by atoms with Gasteiger partial charge in [-0.15, -0.1) is 0 Å². The summed E-state index contributed by atoms with van der Waals surface area (Å²) < 4.78 is 0. The van der Waals surface area contributed by atoms with Gasteiger partial charge in [-0.25, -0.2) is 4.98 Å². The number of amides is 1. The van der Waals surface area contributed by atoms with Crippen LogP contribution in [0.2, 0.25) is 0 Å². The Morgan fingerprint density at radius 3 is 2.35 bits per heavy atom. The van der Waals surface area contributed by atoms with Crippen LogP contribution >= 0.6 is 0 Å². The molecule has 0 aliphatic rings. The highest BCUT2D eigenvalue weighted by molar-refractivity contribution is 5.92. The average Bonchev–Trinajstić information content (AvgIpc) is 2.47. The minimum atomic E-state index is -0.0479. The van der Waals surface area contributed by atoms with Gasteiger partial charge in [0.25, 0.3) is 5.91 Å². The summed E-state index contributed by atoms with van der Waals surface area (Å²) in [6.45, 7) is 4.62. The third kappa shape index (κ3) is 3.44. The molecule has 2 rings (SSSR count). The van der Waals surface area contributed by atoms with Crippen LogP contribution in [0.1, 0.15) is 34.2 Å². The number of benzene rings is 1. The van der Waals surface area contributed by atoms with Crippen LogP contribution < -0.4 is 0 Å². The predicted octanol–water partition coefficient (Wildman–Crippen LogP) is 3.22. The molecule has 0 bridgehead atoms. The molecule has 1 heterocycles. The molecule has 3 heteroatoms. The van der Waals surface area contributed by atoms with Crippen LogP contribution in [0.4, 0.5) is 0 Å². The summed E-state index contributed by atoms with van der Waals surface area (Å²) in [6, 6.07) is 13.9. The molecular formula is C17H20N2O. The second-order valence-electron chi connectivity index (χ2n) is 5.00. The van der Waals surface area contributed by atoms with Gasteiger partial charge >= 0.3 is 0 Å². The maximum absolute atomic E-state index is 12.3. The molecule has 0 saturated carbocycles. The molecule has 0 N–H and O–H groups in total. The molecule has 2 aromatic rings. The van der Waals surface area contributed by atoms with E-state index in [0.29, 0.717) is 12.2 Å². The van der Waals surface area contributed by atoms with Gasteiger partial charge in [-0.3, -0.25) is 4.79 Å². The normalized spacial score (nSPS) is 10.3. The number of carbonyl (C=O) groups is 1. The molecular weight excluding hydrogens is 248 g/mol. The first kappa shape index (κ1) is 14.3. The Hall–Kier alpha value is -2.16. The number of aryl methyl sites for hydroxylation is 2. The van der Waals surface area contributed by atoms with E-state index >= 15 is 0 Å². The van der Waals surface area contributed by atoms with E-state index in [2.05, 4.69) is 36.2 Å². The maximum Gasteiger partial charge on any atom is 0.272 e. The van der Waals surface area contributed by atoms with E-state index < -0.39 is 0 Å². The summed E-state index contributed by atoms with van der Waals surface area (Å²) in [4.78, 5) is 18.3. The van der Waals surface area contributed by atoms with Gasteiger partial charge in [-0.05, 0) is 36.6 Å². The van der Waals surface area contributed by atoms with E-state index in [9.17, 15) is 4.79 Å². The van der Waals surface area contributed by atoms with Crippen LogP contribution in [-0.2, 0) is 13.0 Å². The molecule has 0 radical (unpaired) electrons. The summed E-state index contributed by atoms with van der Waals surface area (Å²) in [6.07, 6.45) is 1.03. The molecule has 3 nitrogen and oxygen atoms in total. The number of rotatable bonds is 4. The van der Waals surface area contributed by atoms with Gasteiger partial charge in [0.2, 0.25) is 0 Å². The number of nitrogens with zero attached hydrogens (tertiary/aromatic N) is 2. The van der Waals surface area contributed by atoms with E-state index in [1.54, 1.807) is 18.0 Å². The fourth-order valence-electron chi connectivity index (χ4n) is 2.08. The van der Waals surface area contributed by atoms with Crippen molar-refractivity contribution in [2.24, 2.45) is 0 Å². The maximum atomic E-state index is 12.3. The first-order valence-electron chi connectivity index (χ1n) is 6.87. The smallest absolute Gasteiger partial charge is 0.272 e. The number of aromatic nitrogens is 1. The summed E-state index contributed by atoms with van der Waals surface area (Å²) in [5.41, 5.74) is 3.79. The zero-order chi connectivity index (χ0) is 14.5. The van der Waals surface area contributed by atoms with E-state index in [-0.39, 0.29) is 5.91 Å². The molecule has 104 valence electrons. The SMILES string of the molecule is CCc1ccc(CN(C)C(=O)c2cccc(C)n2)cc1. The standard InChI is InChI=1S/C17H20N2O/c1-4-14-8-10-15(11-9-14)12-19(3)17(20)16-7-5-6-13(2)18-16/h5-11H,4,12H2,1-3H3. The summed E-state index contributed by atoms with van der Waals surface area (Å²) in [5, 5.41) is 0. The highest BCUT2D eigenvalue weighted by Crippen LogP contribution is 2.09. The van der Waals surface area contributed by atoms with Crippen molar-refractivity contribution >= 4 is 5.91 Å². The first-order chi connectivity index (χ1) is 9.60.